The topological polar surface area (TPSA) is 0 Å². The third-order valence-corrected chi connectivity index (χ3v) is 11.1. The molecule has 2 atom stereocenters. The molecule has 2 aliphatic rings. The van der Waals surface area contributed by atoms with Crippen molar-refractivity contribution in [3.63, 3.8) is 0 Å². The second kappa shape index (κ2) is 12.0. The second-order valence-corrected chi connectivity index (χ2v) is 18.8. The molecule has 0 bridgehead atoms. The molecule has 0 heterocycles. The molecule has 0 saturated carbocycles. The van der Waals surface area contributed by atoms with E-state index in [9.17, 15) is 0 Å². The monoisotopic (exact) mass is 700 g/mol. The summed E-state index contributed by atoms with van der Waals surface area (Å²) in [6.45, 7) is 32.9. The zero-order valence-electron chi connectivity index (χ0n) is 31.8. The number of hydrogen-bond acceptors (Lipinski definition) is 0. The van der Waals surface area contributed by atoms with Crippen LogP contribution < -0.4 is 0 Å². The Bertz CT molecular complexity index is 1700. The van der Waals surface area contributed by atoms with E-state index in [4.69, 9.17) is 0 Å². The van der Waals surface area contributed by atoms with E-state index in [1.807, 2.05) is 0 Å². The number of fused-ring (bicyclic) bond motifs is 6. The SMILES string of the molecule is Cc1cc(C(C)(C)C)cc2c1-c1ccc(C(C)(C)C)cc1C2CCC1c2cc(C(C)(C)C)ccc2-c2c(C)cc(C(C)(C)C)cc21.[Zr]. The molecule has 2 unspecified atom stereocenters. The number of aryl methyl sites for hydroxylation is 2. The molecular formula is C46H58Zr. The van der Waals surface area contributed by atoms with Crippen molar-refractivity contribution in [3.8, 4) is 22.3 Å². The predicted octanol–water partition coefficient (Wildman–Crippen LogP) is 13.2. The van der Waals surface area contributed by atoms with Crippen LogP contribution in [0.5, 0.6) is 0 Å². The molecule has 2 aliphatic carbocycles. The maximum absolute atomic E-state index is 2.57. The van der Waals surface area contributed by atoms with Gasteiger partial charge >= 0.3 is 0 Å². The van der Waals surface area contributed by atoms with Gasteiger partial charge < -0.3 is 0 Å². The van der Waals surface area contributed by atoms with Crippen molar-refractivity contribution in [2.75, 3.05) is 0 Å². The van der Waals surface area contributed by atoms with Gasteiger partial charge in [-0.3, -0.25) is 0 Å². The van der Waals surface area contributed by atoms with Crippen LogP contribution in [0.15, 0.2) is 60.7 Å². The molecule has 4 aromatic rings. The fourth-order valence-corrected chi connectivity index (χ4v) is 8.16. The van der Waals surface area contributed by atoms with Gasteiger partial charge in [-0.15, -0.1) is 0 Å². The van der Waals surface area contributed by atoms with Crippen molar-refractivity contribution in [1.82, 2.24) is 0 Å². The number of hydrogen-bond donors (Lipinski definition) is 0. The van der Waals surface area contributed by atoms with E-state index in [0.717, 1.165) is 12.8 Å². The van der Waals surface area contributed by atoms with Gasteiger partial charge in [0, 0.05) is 38.0 Å². The first kappa shape index (κ1) is 36.1. The quantitative estimate of drug-likeness (QED) is 0.199. The molecule has 246 valence electrons. The second-order valence-electron chi connectivity index (χ2n) is 18.8. The van der Waals surface area contributed by atoms with Crippen LogP contribution >= 0.6 is 0 Å². The van der Waals surface area contributed by atoms with Gasteiger partial charge in [0.15, 0.2) is 0 Å². The van der Waals surface area contributed by atoms with Crippen LogP contribution in [0.1, 0.15) is 163 Å². The molecule has 0 saturated heterocycles. The van der Waals surface area contributed by atoms with Crippen LogP contribution in [0.4, 0.5) is 0 Å². The molecule has 0 spiro atoms. The minimum absolute atomic E-state index is 0. The molecular weight excluding hydrogens is 644 g/mol. The third kappa shape index (κ3) is 6.45. The average molecular weight is 702 g/mol. The van der Waals surface area contributed by atoms with Crippen LogP contribution in [0.25, 0.3) is 22.3 Å². The molecule has 0 amide bonds. The van der Waals surface area contributed by atoms with Crippen molar-refractivity contribution < 1.29 is 26.2 Å². The summed E-state index contributed by atoms with van der Waals surface area (Å²) in [6.07, 6.45) is 2.28. The van der Waals surface area contributed by atoms with Crippen molar-refractivity contribution in [2.24, 2.45) is 0 Å². The molecule has 0 aliphatic heterocycles. The minimum atomic E-state index is 0. The van der Waals surface area contributed by atoms with Gasteiger partial charge in [-0.1, -0.05) is 144 Å². The van der Waals surface area contributed by atoms with Gasteiger partial charge in [0.25, 0.3) is 0 Å². The zero-order chi connectivity index (χ0) is 33.7. The van der Waals surface area contributed by atoms with E-state index in [0.29, 0.717) is 11.8 Å². The van der Waals surface area contributed by atoms with E-state index >= 15 is 0 Å². The molecule has 0 N–H and O–H groups in total. The van der Waals surface area contributed by atoms with Crippen LogP contribution in [0.2, 0.25) is 0 Å². The number of rotatable bonds is 3. The van der Waals surface area contributed by atoms with Gasteiger partial charge in [-0.2, -0.15) is 0 Å². The van der Waals surface area contributed by atoms with Gasteiger partial charge in [-0.05, 0) is 126 Å². The van der Waals surface area contributed by atoms with E-state index < -0.39 is 0 Å². The van der Waals surface area contributed by atoms with Gasteiger partial charge in [0.2, 0.25) is 0 Å². The molecule has 47 heavy (non-hydrogen) atoms. The summed E-state index contributed by atoms with van der Waals surface area (Å²) >= 11 is 0. The summed E-state index contributed by atoms with van der Waals surface area (Å²) in [6, 6.07) is 24.8. The molecule has 0 aromatic heterocycles. The molecule has 0 radical (unpaired) electrons. The largest absolute Gasteiger partial charge is 0.0579 e. The van der Waals surface area contributed by atoms with Gasteiger partial charge in [0.1, 0.15) is 0 Å². The van der Waals surface area contributed by atoms with Crippen molar-refractivity contribution in [2.45, 2.75) is 143 Å². The maximum atomic E-state index is 2.57. The Hall–Kier alpha value is -2.24. The van der Waals surface area contributed by atoms with Crippen LogP contribution in [-0.4, -0.2) is 0 Å². The Morgan fingerprint density at radius 1 is 0.404 bits per heavy atom. The van der Waals surface area contributed by atoms with E-state index in [-0.39, 0.29) is 47.9 Å². The molecule has 6 rings (SSSR count). The van der Waals surface area contributed by atoms with E-state index in [1.54, 1.807) is 11.1 Å². The molecule has 1 heteroatoms. The Kier molecular flexibility index (Phi) is 9.18. The smallest absolute Gasteiger partial charge is 0.0102 e. The molecule has 4 aromatic carbocycles. The Morgan fingerprint density at radius 2 is 0.702 bits per heavy atom. The normalized spacial score (nSPS) is 17.1. The Morgan fingerprint density at radius 3 is 1.00 bits per heavy atom. The van der Waals surface area contributed by atoms with Crippen LogP contribution in [0, 0.1) is 13.8 Å². The standard InChI is InChI=1S/C46H58.Zr/c1-27-21-31(45(9,10)11)25-39-33(37-23-29(43(3,4)5)15-17-35(37)41(27)39)19-20-34-38-24-30(44(6,7)8)16-18-36(38)42-28(2)22-32(26-40(34)42)46(12,13)14;/h15-18,21-26,33-34H,19-20H2,1-14H3;. The minimum Gasteiger partial charge on any atom is -0.0579 e. The van der Waals surface area contributed by atoms with Crippen molar-refractivity contribution in [1.29, 1.82) is 0 Å². The van der Waals surface area contributed by atoms with E-state index in [1.165, 1.54) is 66.8 Å². The summed E-state index contributed by atoms with van der Waals surface area (Å²) in [7, 11) is 0. The summed E-state index contributed by atoms with van der Waals surface area (Å²) in [5.74, 6) is 0.803. The fourth-order valence-electron chi connectivity index (χ4n) is 8.16. The first-order valence-corrected chi connectivity index (χ1v) is 17.8. The zero-order valence-corrected chi connectivity index (χ0v) is 34.3. The average Bonchev–Trinajstić information content (AvgIpc) is 3.41. The molecule has 0 nitrogen and oxygen atoms in total. The van der Waals surface area contributed by atoms with Gasteiger partial charge in [-0.25, -0.2) is 0 Å². The number of benzene rings is 4. The first-order valence-electron chi connectivity index (χ1n) is 17.8. The van der Waals surface area contributed by atoms with Crippen LogP contribution in [-0.2, 0) is 47.9 Å². The van der Waals surface area contributed by atoms with Crippen LogP contribution in [0.3, 0.4) is 0 Å². The Balaban J connectivity index is 0.00000433. The third-order valence-electron chi connectivity index (χ3n) is 11.1. The fraction of sp³-hybridized carbons (Fsp3) is 0.478. The summed E-state index contributed by atoms with van der Waals surface area (Å²) in [5.41, 5.74) is 21.2. The van der Waals surface area contributed by atoms with Crippen molar-refractivity contribution in [3.05, 3.63) is 116 Å². The maximum Gasteiger partial charge on any atom is 0.0102 e. The van der Waals surface area contributed by atoms with E-state index in [2.05, 4.69) is 158 Å². The summed E-state index contributed by atoms with van der Waals surface area (Å²) in [5, 5.41) is 0. The van der Waals surface area contributed by atoms with Gasteiger partial charge in [0.05, 0.1) is 0 Å². The Labute approximate surface area is 306 Å². The summed E-state index contributed by atoms with van der Waals surface area (Å²) in [4.78, 5) is 0. The molecule has 0 fully saturated rings. The predicted molar refractivity (Wildman–Crippen MR) is 201 cm³/mol. The van der Waals surface area contributed by atoms with Crippen molar-refractivity contribution >= 4 is 0 Å². The first-order chi connectivity index (χ1) is 21.2. The summed E-state index contributed by atoms with van der Waals surface area (Å²) < 4.78 is 0.